The van der Waals surface area contributed by atoms with Gasteiger partial charge in [0.15, 0.2) is 0 Å². The van der Waals surface area contributed by atoms with Gasteiger partial charge in [0.05, 0.1) is 18.2 Å². The minimum absolute atomic E-state index is 0.00273. The van der Waals surface area contributed by atoms with Gasteiger partial charge in [0.25, 0.3) is 0 Å². The van der Waals surface area contributed by atoms with Crippen LogP contribution in [0.15, 0.2) is 18.2 Å². The molecule has 0 amide bonds. The summed E-state index contributed by atoms with van der Waals surface area (Å²) in [7, 11) is 1.51. The summed E-state index contributed by atoms with van der Waals surface area (Å²) >= 11 is 0. The number of nitrogens with two attached hydrogens (primary N) is 1. The lowest BCUT2D eigenvalue weighted by atomic mass is 10.0. The van der Waals surface area contributed by atoms with Crippen molar-refractivity contribution >= 4 is 0 Å². The average molecular weight is 194 g/mol. The molecule has 1 rings (SSSR count). The number of nitriles is 1. The predicted octanol–water partition coefficient (Wildman–Crippen LogP) is 1.34. The van der Waals surface area contributed by atoms with Crippen molar-refractivity contribution < 1.29 is 9.13 Å². The molecule has 0 bridgehead atoms. The van der Waals surface area contributed by atoms with Gasteiger partial charge in [-0.05, 0) is 11.6 Å². The second-order valence-corrected chi connectivity index (χ2v) is 2.88. The van der Waals surface area contributed by atoms with Crippen LogP contribution < -0.4 is 5.73 Å². The Balaban J connectivity index is 3.08. The molecule has 0 spiro atoms. The van der Waals surface area contributed by atoms with E-state index in [2.05, 4.69) is 0 Å². The maximum atomic E-state index is 13.1. The quantitative estimate of drug-likeness (QED) is 0.789. The van der Waals surface area contributed by atoms with Crippen molar-refractivity contribution in [2.75, 3.05) is 13.7 Å². The summed E-state index contributed by atoms with van der Waals surface area (Å²) in [4.78, 5) is 0. The summed E-state index contributed by atoms with van der Waals surface area (Å²) in [6, 6.07) is 5.72. The van der Waals surface area contributed by atoms with E-state index in [4.69, 9.17) is 15.7 Å². The Kier molecular flexibility index (Phi) is 3.57. The van der Waals surface area contributed by atoms with E-state index in [0.717, 1.165) is 0 Å². The first-order valence-corrected chi connectivity index (χ1v) is 4.13. The molecule has 1 atom stereocenters. The van der Waals surface area contributed by atoms with Gasteiger partial charge in [-0.3, -0.25) is 0 Å². The summed E-state index contributed by atoms with van der Waals surface area (Å²) in [6.07, 6.45) is 0. The standard InChI is InChI=1S/C10H11FN2O/c1-14-6-10(13)7-3-2-4-9(11)8(7)5-12/h2-4,10H,6,13H2,1H3. The molecule has 0 heterocycles. The van der Waals surface area contributed by atoms with E-state index in [0.29, 0.717) is 5.56 Å². The maximum absolute atomic E-state index is 13.1. The van der Waals surface area contributed by atoms with Crippen LogP contribution in [0.4, 0.5) is 4.39 Å². The second kappa shape index (κ2) is 4.70. The first kappa shape index (κ1) is 10.6. The lowest BCUT2D eigenvalue weighted by Crippen LogP contribution is -2.17. The van der Waals surface area contributed by atoms with Gasteiger partial charge in [-0.15, -0.1) is 0 Å². The average Bonchev–Trinajstić information content (AvgIpc) is 2.17. The highest BCUT2D eigenvalue weighted by molar-refractivity contribution is 5.40. The molecule has 2 N–H and O–H groups in total. The number of rotatable bonds is 3. The molecule has 0 aliphatic heterocycles. The molecule has 74 valence electrons. The van der Waals surface area contributed by atoms with Crippen LogP contribution in [0, 0.1) is 17.1 Å². The first-order valence-electron chi connectivity index (χ1n) is 4.13. The molecule has 1 aromatic rings. The van der Waals surface area contributed by atoms with Crippen LogP contribution in [0.25, 0.3) is 0 Å². The molecular formula is C10H11FN2O. The van der Waals surface area contributed by atoms with Crippen molar-refractivity contribution in [2.24, 2.45) is 5.73 Å². The smallest absolute Gasteiger partial charge is 0.141 e. The van der Waals surface area contributed by atoms with E-state index in [1.807, 2.05) is 0 Å². The SMILES string of the molecule is COCC(N)c1cccc(F)c1C#N. The highest BCUT2D eigenvalue weighted by atomic mass is 19.1. The zero-order valence-electron chi connectivity index (χ0n) is 7.83. The Bertz CT molecular complexity index is 360. The molecule has 1 unspecified atom stereocenters. The third-order valence-corrected chi connectivity index (χ3v) is 1.90. The third kappa shape index (κ3) is 2.08. The molecule has 4 heteroatoms. The third-order valence-electron chi connectivity index (χ3n) is 1.90. The van der Waals surface area contributed by atoms with Gasteiger partial charge < -0.3 is 10.5 Å². The molecule has 3 nitrogen and oxygen atoms in total. The van der Waals surface area contributed by atoms with Crippen LogP contribution >= 0.6 is 0 Å². The fourth-order valence-electron chi connectivity index (χ4n) is 1.24. The predicted molar refractivity (Wildman–Crippen MR) is 49.9 cm³/mol. The lowest BCUT2D eigenvalue weighted by molar-refractivity contribution is 0.180. The van der Waals surface area contributed by atoms with Crippen LogP contribution in [0.1, 0.15) is 17.2 Å². The van der Waals surface area contributed by atoms with Crippen LogP contribution in [0.3, 0.4) is 0 Å². The van der Waals surface area contributed by atoms with Gasteiger partial charge in [0, 0.05) is 7.11 Å². The molecular weight excluding hydrogens is 183 g/mol. The second-order valence-electron chi connectivity index (χ2n) is 2.88. The van der Waals surface area contributed by atoms with Crippen molar-refractivity contribution in [1.29, 1.82) is 5.26 Å². The van der Waals surface area contributed by atoms with Crippen molar-refractivity contribution in [3.05, 3.63) is 35.1 Å². The van der Waals surface area contributed by atoms with Gasteiger partial charge in [-0.2, -0.15) is 5.26 Å². The normalized spacial score (nSPS) is 12.1. The molecule has 14 heavy (non-hydrogen) atoms. The number of methoxy groups -OCH3 is 1. The van der Waals surface area contributed by atoms with Gasteiger partial charge in [-0.25, -0.2) is 4.39 Å². The number of benzene rings is 1. The van der Waals surface area contributed by atoms with Crippen LogP contribution in [-0.4, -0.2) is 13.7 Å². The molecule has 0 fully saturated rings. The number of ether oxygens (including phenoxy) is 1. The first-order chi connectivity index (χ1) is 6.70. The molecule has 0 saturated heterocycles. The topological polar surface area (TPSA) is 59.0 Å². The van der Waals surface area contributed by atoms with E-state index in [-0.39, 0.29) is 12.2 Å². The summed E-state index contributed by atoms with van der Waals surface area (Å²) in [6.45, 7) is 0.262. The summed E-state index contributed by atoms with van der Waals surface area (Å²) < 4.78 is 18.0. The Morgan fingerprint density at radius 2 is 2.36 bits per heavy atom. The molecule has 0 radical (unpaired) electrons. The minimum Gasteiger partial charge on any atom is -0.383 e. The minimum atomic E-state index is -0.545. The van der Waals surface area contributed by atoms with Crippen molar-refractivity contribution in [1.82, 2.24) is 0 Å². The van der Waals surface area contributed by atoms with Gasteiger partial charge in [-0.1, -0.05) is 12.1 Å². The highest BCUT2D eigenvalue weighted by Gasteiger charge is 2.13. The van der Waals surface area contributed by atoms with E-state index in [9.17, 15) is 4.39 Å². The van der Waals surface area contributed by atoms with Gasteiger partial charge >= 0.3 is 0 Å². The zero-order chi connectivity index (χ0) is 10.6. The molecule has 0 aromatic heterocycles. The summed E-state index contributed by atoms with van der Waals surface area (Å²) in [5.74, 6) is -0.545. The molecule has 0 aliphatic carbocycles. The number of hydrogen-bond acceptors (Lipinski definition) is 3. The fraction of sp³-hybridized carbons (Fsp3) is 0.300. The number of halogens is 1. The summed E-state index contributed by atoms with van der Waals surface area (Å²) in [5.41, 5.74) is 6.19. The largest absolute Gasteiger partial charge is 0.383 e. The van der Waals surface area contributed by atoms with E-state index in [1.165, 1.54) is 19.2 Å². The zero-order valence-corrected chi connectivity index (χ0v) is 7.83. The Labute approximate surface area is 81.9 Å². The Morgan fingerprint density at radius 1 is 1.64 bits per heavy atom. The Hall–Kier alpha value is -1.44. The van der Waals surface area contributed by atoms with Crippen molar-refractivity contribution in [2.45, 2.75) is 6.04 Å². The number of nitrogens with zero attached hydrogens (tertiary/aromatic N) is 1. The Morgan fingerprint density at radius 3 is 2.93 bits per heavy atom. The maximum Gasteiger partial charge on any atom is 0.141 e. The number of hydrogen-bond donors (Lipinski definition) is 1. The monoisotopic (exact) mass is 194 g/mol. The van der Waals surface area contributed by atoms with Crippen molar-refractivity contribution in [3.63, 3.8) is 0 Å². The van der Waals surface area contributed by atoms with Crippen LogP contribution in [-0.2, 0) is 4.74 Å². The molecule has 0 aliphatic rings. The highest BCUT2D eigenvalue weighted by Crippen LogP contribution is 2.18. The van der Waals surface area contributed by atoms with Crippen LogP contribution in [0.2, 0.25) is 0 Å². The fourth-order valence-corrected chi connectivity index (χ4v) is 1.24. The lowest BCUT2D eigenvalue weighted by Gasteiger charge is -2.12. The van der Waals surface area contributed by atoms with Crippen molar-refractivity contribution in [3.8, 4) is 6.07 Å². The molecule has 1 aromatic carbocycles. The van der Waals surface area contributed by atoms with Crippen LogP contribution in [0.5, 0.6) is 0 Å². The van der Waals surface area contributed by atoms with Gasteiger partial charge in [0.2, 0.25) is 0 Å². The van der Waals surface area contributed by atoms with Gasteiger partial charge in [0.1, 0.15) is 11.9 Å². The van der Waals surface area contributed by atoms with E-state index in [1.54, 1.807) is 12.1 Å². The van der Waals surface area contributed by atoms with E-state index < -0.39 is 11.9 Å². The van der Waals surface area contributed by atoms with E-state index >= 15 is 0 Å². The molecule has 0 saturated carbocycles. The summed E-state index contributed by atoms with van der Waals surface area (Å²) in [5, 5.41) is 8.73.